The predicted molar refractivity (Wildman–Crippen MR) is 189 cm³/mol. The van der Waals surface area contributed by atoms with Gasteiger partial charge < -0.3 is 25.7 Å². The Morgan fingerprint density at radius 2 is 1.67 bits per heavy atom. The number of likely N-dealkylation sites (N-methyl/N-ethyl adjacent to an activating group) is 1. The van der Waals surface area contributed by atoms with Crippen molar-refractivity contribution < 1.29 is 28.2 Å². The van der Waals surface area contributed by atoms with E-state index in [0.717, 1.165) is 31.2 Å². The number of thiazole rings is 1. The van der Waals surface area contributed by atoms with Crippen LogP contribution in [0.1, 0.15) is 70.1 Å². The number of sulfonamides is 1. The molecule has 0 spiro atoms. The highest BCUT2D eigenvalue weighted by Gasteiger charge is 2.36. The molecule has 0 bridgehead atoms. The zero-order valence-corrected chi connectivity index (χ0v) is 30.3. The molecule has 13 heteroatoms. The lowest BCUT2D eigenvalue weighted by Crippen LogP contribution is -2.57. The van der Waals surface area contributed by atoms with Crippen molar-refractivity contribution in [2.24, 2.45) is 17.8 Å². The maximum atomic E-state index is 14.1. The average Bonchev–Trinajstić information content (AvgIpc) is 3.57. The smallest absolute Gasteiger partial charge is 0.243 e. The number of carbonyl (C=O) groups excluding carboxylic acids is 2. The minimum atomic E-state index is -3.77. The standard InChI is InChI=1S/C35H55N5O6S2/c1-25(2)18-32(41)33(42)30(20-27-12-8-5-9-13-27)37-35(44)31(21-29-22-47-24-36-29)38-34(43)28(19-26-10-6-4-7-11-26)23-48(45,46)40-16-14-39(3)15-17-40/h4,6-7,10-11,22,24-25,27-28,30-33,41-42H,5,8-9,12-21,23H2,1-3H3,(H,37,44)(H,38,43)/t28-,30?,31+,32+,33-/m1/s1. The van der Waals surface area contributed by atoms with Crippen molar-refractivity contribution in [1.82, 2.24) is 24.8 Å². The summed E-state index contributed by atoms with van der Waals surface area (Å²) in [5.74, 6) is -1.89. The van der Waals surface area contributed by atoms with Crippen molar-refractivity contribution in [2.45, 2.75) is 95.9 Å². The molecule has 4 N–H and O–H groups in total. The second-order valence-corrected chi connectivity index (χ2v) is 16.9. The normalized spacial score (nSPS) is 20.1. The van der Waals surface area contributed by atoms with E-state index in [2.05, 4.69) is 20.5 Å². The quantitative estimate of drug-likeness (QED) is 0.196. The first-order valence-corrected chi connectivity index (χ1v) is 20.0. The van der Waals surface area contributed by atoms with Crippen LogP contribution >= 0.6 is 11.3 Å². The molecular formula is C35H55N5O6S2. The highest BCUT2D eigenvalue weighted by molar-refractivity contribution is 7.89. The lowest BCUT2D eigenvalue weighted by atomic mass is 9.82. The summed E-state index contributed by atoms with van der Waals surface area (Å²) >= 11 is 1.38. The fourth-order valence-electron chi connectivity index (χ4n) is 6.84. The second kappa shape index (κ2) is 18.5. The van der Waals surface area contributed by atoms with Crippen LogP contribution in [-0.2, 0) is 32.5 Å². The van der Waals surface area contributed by atoms with Gasteiger partial charge in [-0.15, -0.1) is 11.3 Å². The first-order chi connectivity index (χ1) is 22.9. The van der Waals surface area contributed by atoms with Crippen LogP contribution in [0.5, 0.6) is 0 Å². The Balaban J connectivity index is 1.56. The monoisotopic (exact) mass is 705 g/mol. The minimum Gasteiger partial charge on any atom is -0.390 e. The van der Waals surface area contributed by atoms with Gasteiger partial charge in [-0.05, 0) is 43.7 Å². The number of nitrogens with one attached hydrogen (secondary N) is 2. The number of benzene rings is 1. The van der Waals surface area contributed by atoms with Crippen molar-refractivity contribution in [3.63, 3.8) is 0 Å². The van der Waals surface area contributed by atoms with Crippen molar-refractivity contribution in [1.29, 1.82) is 0 Å². The Morgan fingerprint density at radius 3 is 2.29 bits per heavy atom. The maximum absolute atomic E-state index is 14.1. The summed E-state index contributed by atoms with van der Waals surface area (Å²) in [4.78, 5) is 34.6. The number of nitrogens with zero attached hydrogens (tertiary/aromatic N) is 3. The molecular weight excluding hydrogens is 651 g/mol. The number of aromatic nitrogens is 1. The third-order valence-corrected chi connectivity index (χ3v) is 12.3. The van der Waals surface area contributed by atoms with Crippen LogP contribution in [-0.4, -0.2) is 108 Å². The average molecular weight is 706 g/mol. The van der Waals surface area contributed by atoms with Crippen molar-refractivity contribution in [2.75, 3.05) is 39.0 Å². The van der Waals surface area contributed by atoms with E-state index in [-0.39, 0.29) is 24.5 Å². The molecule has 268 valence electrons. The summed E-state index contributed by atoms with van der Waals surface area (Å²) < 4.78 is 28.7. The van der Waals surface area contributed by atoms with Crippen LogP contribution in [0.25, 0.3) is 0 Å². The number of aliphatic hydroxyl groups excluding tert-OH is 2. The SMILES string of the molecule is CC(C)C[C@H](O)[C@H](O)C(CC1CCCCC1)NC(=O)[C@H](Cc1cscn1)NC(=O)[C@H](Cc1ccccc1)CS(=O)(=O)N1CCN(C)CC1. The first-order valence-electron chi connectivity index (χ1n) is 17.5. The molecule has 5 atom stereocenters. The molecule has 1 aromatic heterocycles. The molecule has 1 saturated heterocycles. The molecule has 1 aromatic carbocycles. The Bertz CT molecular complexity index is 1360. The molecule has 2 heterocycles. The Morgan fingerprint density at radius 1 is 0.979 bits per heavy atom. The molecule has 2 aromatic rings. The van der Waals surface area contributed by atoms with Gasteiger partial charge in [0, 0.05) is 38.0 Å². The molecule has 0 radical (unpaired) electrons. The van der Waals surface area contributed by atoms with Gasteiger partial charge in [0.25, 0.3) is 0 Å². The van der Waals surface area contributed by atoms with E-state index in [0.29, 0.717) is 50.6 Å². The molecule has 1 aliphatic heterocycles. The summed E-state index contributed by atoms with van der Waals surface area (Å²) in [5, 5.41) is 29.9. The van der Waals surface area contributed by atoms with Crippen molar-refractivity contribution in [3.8, 4) is 0 Å². The largest absolute Gasteiger partial charge is 0.390 e. The van der Waals surface area contributed by atoms with E-state index in [1.807, 2.05) is 56.6 Å². The van der Waals surface area contributed by atoms with Gasteiger partial charge in [0.05, 0.1) is 35.0 Å². The number of aliphatic hydroxyl groups is 2. The Kier molecular flexibility index (Phi) is 14.8. The van der Waals surface area contributed by atoms with Crippen LogP contribution in [0, 0.1) is 17.8 Å². The van der Waals surface area contributed by atoms with Gasteiger partial charge in [-0.1, -0.05) is 76.3 Å². The molecule has 4 rings (SSSR count). The summed E-state index contributed by atoms with van der Waals surface area (Å²) in [5.41, 5.74) is 3.10. The summed E-state index contributed by atoms with van der Waals surface area (Å²) in [6.45, 7) is 5.90. The summed E-state index contributed by atoms with van der Waals surface area (Å²) in [6, 6.07) is 7.52. The van der Waals surface area contributed by atoms with Crippen LogP contribution in [0.4, 0.5) is 0 Å². The highest BCUT2D eigenvalue weighted by Crippen LogP contribution is 2.29. The van der Waals surface area contributed by atoms with Crippen LogP contribution in [0.15, 0.2) is 41.2 Å². The lowest BCUT2D eigenvalue weighted by molar-refractivity contribution is -0.132. The van der Waals surface area contributed by atoms with Crippen molar-refractivity contribution in [3.05, 3.63) is 52.5 Å². The zero-order chi connectivity index (χ0) is 34.7. The molecule has 11 nitrogen and oxygen atoms in total. The number of hydrogen-bond acceptors (Lipinski definition) is 9. The maximum Gasteiger partial charge on any atom is 0.243 e. The van der Waals surface area contributed by atoms with Gasteiger partial charge in [-0.25, -0.2) is 13.4 Å². The molecule has 1 unspecified atom stereocenters. The van der Waals surface area contributed by atoms with Gasteiger partial charge in [0.2, 0.25) is 21.8 Å². The fourth-order valence-corrected chi connectivity index (χ4v) is 9.12. The van der Waals surface area contributed by atoms with Crippen LogP contribution in [0.2, 0.25) is 0 Å². The molecule has 2 fully saturated rings. The number of rotatable bonds is 17. The molecule has 48 heavy (non-hydrogen) atoms. The van der Waals surface area contributed by atoms with Gasteiger partial charge >= 0.3 is 0 Å². The molecule has 1 aliphatic carbocycles. The third kappa shape index (κ3) is 11.9. The first kappa shape index (κ1) is 38.4. The Hall–Kier alpha value is -2.42. The number of amides is 2. The Labute approximate surface area is 290 Å². The molecule has 2 aliphatic rings. The van der Waals surface area contributed by atoms with E-state index >= 15 is 0 Å². The topological polar surface area (TPSA) is 152 Å². The highest BCUT2D eigenvalue weighted by atomic mass is 32.2. The van der Waals surface area contributed by atoms with Crippen molar-refractivity contribution >= 4 is 33.2 Å². The molecule has 1 saturated carbocycles. The van der Waals surface area contributed by atoms with Crippen LogP contribution in [0.3, 0.4) is 0 Å². The van der Waals surface area contributed by atoms with Gasteiger partial charge in [-0.2, -0.15) is 4.31 Å². The van der Waals surface area contributed by atoms with E-state index in [4.69, 9.17) is 0 Å². The van der Waals surface area contributed by atoms with Crippen LogP contribution < -0.4 is 10.6 Å². The second-order valence-electron chi connectivity index (χ2n) is 14.2. The minimum absolute atomic E-state index is 0.102. The van der Waals surface area contributed by atoms with Gasteiger partial charge in [0.1, 0.15) is 12.1 Å². The summed E-state index contributed by atoms with van der Waals surface area (Å²) in [6.07, 6.45) is 4.38. The van der Waals surface area contributed by atoms with E-state index in [9.17, 15) is 28.2 Å². The number of carbonyl (C=O) groups is 2. The fraction of sp³-hybridized carbons (Fsp3) is 0.686. The predicted octanol–water partition coefficient (Wildman–Crippen LogP) is 2.83. The van der Waals surface area contributed by atoms with E-state index in [1.54, 1.807) is 5.51 Å². The third-order valence-electron chi connectivity index (χ3n) is 9.65. The van der Waals surface area contributed by atoms with E-state index < -0.39 is 52.0 Å². The number of hydrogen-bond donors (Lipinski definition) is 4. The summed E-state index contributed by atoms with van der Waals surface area (Å²) in [7, 11) is -1.82. The van der Waals surface area contributed by atoms with Gasteiger partial charge in [-0.3, -0.25) is 9.59 Å². The lowest BCUT2D eigenvalue weighted by Gasteiger charge is -2.34. The van der Waals surface area contributed by atoms with E-state index in [1.165, 1.54) is 22.1 Å². The van der Waals surface area contributed by atoms with Gasteiger partial charge in [0.15, 0.2) is 0 Å². The molecule has 2 amide bonds. The zero-order valence-electron chi connectivity index (χ0n) is 28.7. The number of piperazine rings is 1.